The Balaban J connectivity index is 2.36. The maximum Gasteiger partial charge on any atom is 0.125 e. The summed E-state index contributed by atoms with van der Waals surface area (Å²) in [6.07, 6.45) is -0.578. The van der Waals surface area contributed by atoms with Gasteiger partial charge in [0, 0.05) is 20.4 Å². The van der Waals surface area contributed by atoms with Gasteiger partial charge in [0.05, 0.1) is 13.2 Å². The second kappa shape index (κ2) is 6.33. The van der Waals surface area contributed by atoms with E-state index in [2.05, 4.69) is 0 Å². The molecule has 1 N–H and O–H groups in total. The van der Waals surface area contributed by atoms with E-state index in [-0.39, 0.29) is 0 Å². The van der Waals surface area contributed by atoms with Gasteiger partial charge in [-0.25, -0.2) is 0 Å². The van der Waals surface area contributed by atoms with Crippen LogP contribution in [0.3, 0.4) is 0 Å². The van der Waals surface area contributed by atoms with Gasteiger partial charge in [0.25, 0.3) is 0 Å². The van der Waals surface area contributed by atoms with Gasteiger partial charge in [0.1, 0.15) is 5.75 Å². The fraction of sp³-hybridized carbons (Fsp3) is 0.200. The van der Waals surface area contributed by atoms with Crippen molar-refractivity contribution in [1.29, 1.82) is 0 Å². The van der Waals surface area contributed by atoms with Crippen LogP contribution in [0.5, 0.6) is 5.75 Å². The van der Waals surface area contributed by atoms with Crippen LogP contribution in [0.15, 0.2) is 52.3 Å². The normalized spacial score (nSPS) is 12.2. The molecule has 0 bridgehead atoms. The molecule has 0 fully saturated rings. The summed E-state index contributed by atoms with van der Waals surface area (Å²) in [6.45, 7) is 1.74. The first-order valence-electron chi connectivity index (χ1n) is 5.90. The summed E-state index contributed by atoms with van der Waals surface area (Å²) in [5, 5.41) is 10.6. The molecule has 0 unspecified atom stereocenters. The molecule has 2 nitrogen and oxygen atoms in total. The van der Waals surface area contributed by atoms with Gasteiger partial charge in [-0.1, -0.05) is 29.4 Å². The van der Waals surface area contributed by atoms with Crippen LogP contribution in [0.25, 0.3) is 0 Å². The highest BCUT2D eigenvalue weighted by molar-refractivity contribution is 7.99. The lowest BCUT2D eigenvalue weighted by molar-refractivity contribution is 0.191. The number of hydrogen-bond acceptors (Lipinski definition) is 3. The van der Waals surface area contributed by atoms with Crippen molar-refractivity contribution >= 4 is 23.4 Å². The highest BCUT2D eigenvalue weighted by Crippen LogP contribution is 2.38. The van der Waals surface area contributed by atoms with E-state index < -0.39 is 6.10 Å². The Morgan fingerprint density at radius 1 is 1.16 bits per heavy atom. The minimum atomic E-state index is -0.578. The molecule has 1 atom stereocenters. The maximum atomic E-state index is 9.92. The van der Waals surface area contributed by atoms with E-state index in [0.29, 0.717) is 10.8 Å². The van der Waals surface area contributed by atoms with E-state index >= 15 is 0 Å². The largest absolute Gasteiger partial charge is 0.496 e. The molecule has 2 aromatic carbocycles. The monoisotopic (exact) mass is 294 g/mol. The minimum absolute atomic E-state index is 0.578. The number of ether oxygens (including phenoxy) is 1. The summed E-state index contributed by atoms with van der Waals surface area (Å²) in [5.74, 6) is 0.703. The number of benzene rings is 2. The molecule has 19 heavy (non-hydrogen) atoms. The molecule has 0 aromatic heterocycles. The van der Waals surface area contributed by atoms with E-state index in [4.69, 9.17) is 16.3 Å². The van der Waals surface area contributed by atoms with Crippen molar-refractivity contribution in [3.8, 4) is 5.75 Å². The number of halogens is 1. The third-order valence-corrected chi connectivity index (χ3v) is 4.04. The molecule has 2 aromatic rings. The molecule has 0 heterocycles. The van der Waals surface area contributed by atoms with Gasteiger partial charge in [0.2, 0.25) is 0 Å². The molecule has 0 aliphatic rings. The first-order valence-corrected chi connectivity index (χ1v) is 7.09. The van der Waals surface area contributed by atoms with Crippen molar-refractivity contribution in [2.45, 2.75) is 22.8 Å². The molecule has 2 rings (SSSR count). The molecular formula is C15H15ClO2S. The molecule has 0 saturated heterocycles. The number of hydrogen-bond donors (Lipinski definition) is 1. The SMILES string of the molecule is COc1cccc(Sc2ccc(Cl)cc2)c1[C@H](C)O. The van der Waals surface area contributed by atoms with Gasteiger partial charge in [-0.3, -0.25) is 0 Å². The summed E-state index contributed by atoms with van der Waals surface area (Å²) >= 11 is 7.46. The topological polar surface area (TPSA) is 29.5 Å². The number of aliphatic hydroxyl groups excluding tert-OH is 1. The van der Waals surface area contributed by atoms with Crippen molar-refractivity contribution < 1.29 is 9.84 Å². The summed E-state index contributed by atoms with van der Waals surface area (Å²) in [4.78, 5) is 2.05. The fourth-order valence-electron chi connectivity index (χ4n) is 1.83. The lowest BCUT2D eigenvalue weighted by atomic mass is 10.1. The standard InChI is InChI=1S/C15H15ClO2S/c1-10(17)15-13(18-2)4-3-5-14(15)19-12-8-6-11(16)7-9-12/h3-10,17H,1-2H3/t10-/m0/s1. The molecule has 4 heteroatoms. The van der Waals surface area contributed by atoms with Gasteiger partial charge >= 0.3 is 0 Å². The highest BCUT2D eigenvalue weighted by Gasteiger charge is 2.14. The summed E-state index contributed by atoms with van der Waals surface area (Å²) in [5.41, 5.74) is 0.810. The number of aliphatic hydroxyl groups is 1. The minimum Gasteiger partial charge on any atom is -0.496 e. The molecule has 0 saturated carbocycles. The van der Waals surface area contributed by atoms with E-state index in [1.165, 1.54) is 0 Å². The molecule has 0 aliphatic carbocycles. The second-order valence-corrected chi connectivity index (χ2v) is 5.66. The van der Waals surface area contributed by atoms with Crippen LogP contribution >= 0.6 is 23.4 Å². The van der Waals surface area contributed by atoms with Gasteiger partial charge in [-0.15, -0.1) is 0 Å². The van der Waals surface area contributed by atoms with Crippen molar-refractivity contribution in [2.24, 2.45) is 0 Å². The van der Waals surface area contributed by atoms with Crippen LogP contribution in [0, 0.1) is 0 Å². The van der Waals surface area contributed by atoms with Crippen molar-refractivity contribution in [2.75, 3.05) is 7.11 Å². The first-order chi connectivity index (χ1) is 9.11. The zero-order chi connectivity index (χ0) is 13.8. The van der Waals surface area contributed by atoms with Gasteiger partial charge in [-0.2, -0.15) is 0 Å². The van der Waals surface area contributed by atoms with Crippen LogP contribution in [-0.4, -0.2) is 12.2 Å². The Morgan fingerprint density at radius 2 is 1.84 bits per heavy atom. The molecular weight excluding hydrogens is 280 g/mol. The van der Waals surface area contributed by atoms with Crippen LogP contribution < -0.4 is 4.74 Å². The van der Waals surface area contributed by atoms with Crippen molar-refractivity contribution in [1.82, 2.24) is 0 Å². The van der Waals surface area contributed by atoms with Crippen molar-refractivity contribution in [3.63, 3.8) is 0 Å². The summed E-state index contributed by atoms with van der Waals surface area (Å²) in [7, 11) is 1.61. The fourth-order valence-corrected chi connectivity index (χ4v) is 3.01. The predicted octanol–water partition coefficient (Wildman–Crippen LogP) is 4.55. The van der Waals surface area contributed by atoms with Gasteiger partial charge in [0.15, 0.2) is 0 Å². The Bertz CT molecular complexity index is 553. The number of rotatable bonds is 4. The van der Waals surface area contributed by atoms with Crippen LogP contribution in [0.4, 0.5) is 0 Å². The third-order valence-electron chi connectivity index (χ3n) is 2.71. The Hall–Kier alpha value is -1.16. The van der Waals surface area contributed by atoms with Gasteiger partial charge < -0.3 is 9.84 Å². The smallest absolute Gasteiger partial charge is 0.125 e. The average Bonchev–Trinajstić information content (AvgIpc) is 2.40. The zero-order valence-electron chi connectivity index (χ0n) is 10.8. The molecule has 0 radical (unpaired) electrons. The van der Waals surface area contributed by atoms with Crippen LogP contribution in [0.1, 0.15) is 18.6 Å². The Morgan fingerprint density at radius 3 is 2.42 bits per heavy atom. The zero-order valence-corrected chi connectivity index (χ0v) is 12.3. The summed E-state index contributed by atoms with van der Waals surface area (Å²) < 4.78 is 5.31. The lowest BCUT2D eigenvalue weighted by Gasteiger charge is -2.15. The molecule has 0 spiro atoms. The van der Waals surface area contributed by atoms with Crippen molar-refractivity contribution in [3.05, 3.63) is 53.1 Å². The molecule has 0 amide bonds. The predicted molar refractivity (Wildman–Crippen MR) is 79.2 cm³/mol. The van der Waals surface area contributed by atoms with E-state index in [0.717, 1.165) is 15.4 Å². The van der Waals surface area contributed by atoms with Gasteiger partial charge in [-0.05, 0) is 43.3 Å². The lowest BCUT2D eigenvalue weighted by Crippen LogP contribution is -1.98. The van der Waals surface area contributed by atoms with E-state index in [1.807, 2.05) is 42.5 Å². The number of methoxy groups -OCH3 is 1. The quantitative estimate of drug-likeness (QED) is 0.897. The van der Waals surface area contributed by atoms with E-state index in [9.17, 15) is 5.11 Å². The Labute approximate surface area is 122 Å². The van der Waals surface area contributed by atoms with E-state index in [1.54, 1.807) is 25.8 Å². The molecule has 100 valence electrons. The maximum absolute atomic E-state index is 9.92. The van der Waals surface area contributed by atoms with Crippen LogP contribution in [-0.2, 0) is 0 Å². The average molecular weight is 295 g/mol. The summed E-state index contributed by atoms with van der Waals surface area (Å²) in [6, 6.07) is 13.4. The Kier molecular flexibility index (Phi) is 4.75. The van der Waals surface area contributed by atoms with Crippen LogP contribution in [0.2, 0.25) is 5.02 Å². The molecule has 0 aliphatic heterocycles. The first kappa shape index (κ1) is 14.3. The highest BCUT2D eigenvalue weighted by atomic mass is 35.5. The third kappa shape index (κ3) is 3.44. The second-order valence-electron chi connectivity index (χ2n) is 4.10.